The molecule has 1 aliphatic carbocycles. The van der Waals surface area contributed by atoms with Gasteiger partial charge in [-0.2, -0.15) is 5.10 Å². The van der Waals surface area contributed by atoms with Crippen LogP contribution in [-0.4, -0.2) is 28.5 Å². The van der Waals surface area contributed by atoms with E-state index in [2.05, 4.69) is 21.8 Å². The summed E-state index contributed by atoms with van der Waals surface area (Å²) in [6.07, 6.45) is 4.38. The van der Waals surface area contributed by atoms with Crippen LogP contribution in [0.3, 0.4) is 0 Å². The summed E-state index contributed by atoms with van der Waals surface area (Å²) in [6.45, 7) is 3.13. The first-order valence-corrected chi connectivity index (χ1v) is 8.90. The van der Waals surface area contributed by atoms with Gasteiger partial charge in [-0.25, -0.2) is 4.79 Å². The Morgan fingerprint density at radius 2 is 2.16 bits per heavy atom. The molecule has 2 unspecified atom stereocenters. The molecule has 132 valence electrons. The van der Waals surface area contributed by atoms with Gasteiger partial charge in [-0.15, -0.1) is 0 Å². The number of ether oxygens (including phenoxy) is 1. The molecule has 2 heterocycles. The third-order valence-corrected chi connectivity index (χ3v) is 5.23. The summed E-state index contributed by atoms with van der Waals surface area (Å²) < 4.78 is 7.57. The van der Waals surface area contributed by atoms with Crippen LogP contribution in [0, 0.1) is 0 Å². The molecule has 2 aliphatic rings. The number of hydrogen-bond donors (Lipinski definition) is 2. The zero-order valence-electron chi connectivity index (χ0n) is 14.7. The molecule has 0 radical (unpaired) electrons. The Bertz CT molecular complexity index is 781. The molecule has 25 heavy (non-hydrogen) atoms. The number of carbonyl (C=O) groups is 1. The molecule has 4 rings (SSSR count). The van der Waals surface area contributed by atoms with Gasteiger partial charge in [0.2, 0.25) is 0 Å². The lowest BCUT2D eigenvalue weighted by atomic mass is 9.94. The minimum absolute atomic E-state index is 0.00177. The number of nitrogens with one attached hydrogen (secondary N) is 2. The summed E-state index contributed by atoms with van der Waals surface area (Å²) in [6, 6.07) is 7.87. The molecule has 2 aromatic rings. The van der Waals surface area contributed by atoms with Crippen molar-refractivity contribution in [3.8, 4) is 5.75 Å². The number of rotatable bonds is 5. The third-order valence-electron chi connectivity index (χ3n) is 5.23. The van der Waals surface area contributed by atoms with Gasteiger partial charge in [-0.1, -0.05) is 18.2 Å². The Morgan fingerprint density at radius 3 is 2.96 bits per heavy atom. The predicted molar refractivity (Wildman–Crippen MR) is 94.7 cm³/mol. The summed E-state index contributed by atoms with van der Waals surface area (Å²) in [5.41, 5.74) is 3.53. The minimum atomic E-state index is -0.153. The van der Waals surface area contributed by atoms with Crippen molar-refractivity contribution in [1.82, 2.24) is 20.4 Å². The lowest BCUT2D eigenvalue weighted by Gasteiger charge is -2.20. The Hall–Kier alpha value is -2.50. The fourth-order valence-electron chi connectivity index (χ4n) is 3.56. The van der Waals surface area contributed by atoms with Crippen LogP contribution in [0.15, 0.2) is 30.5 Å². The van der Waals surface area contributed by atoms with Crippen LogP contribution in [0.4, 0.5) is 4.79 Å². The average Bonchev–Trinajstić information content (AvgIpc) is 3.24. The van der Waals surface area contributed by atoms with Gasteiger partial charge in [0.1, 0.15) is 5.75 Å². The van der Waals surface area contributed by atoms with Crippen molar-refractivity contribution < 1.29 is 9.53 Å². The third kappa shape index (κ3) is 3.21. The van der Waals surface area contributed by atoms with Crippen LogP contribution in [0.2, 0.25) is 0 Å². The van der Waals surface area contributed by atoms with Gasteiger partial charge in [0.05, 0.1) is 25.0 Å². The maximum Gasteiger partial charge on any atom is 0.315 e. The summed E-state index contributed by atoms with van der Waals surface area (Å²) >= 11 is 0. The first-order valence-electron chi connectivity index (χ1n) is 8.90. The molecule has 6 nitrogen and oxygen atoms in total. The molecular weight excluding hydrogens is 316 g/mol. The molecule has 2 atom stereocenters. The number of urea groups is 1. The standard InChI is InChI=1S/C19H24N4O2/c1-12(16-11-25-18-6-4-3-5-14(16)18)22-19(24)20-10-17-15(13-7-8-13)9-21-23(17)2/h3-6,9,12-13,16H,7-8,10-11H2,1-2H3,(H2,20,22,24). The molecule has 6 heteroatoms. The molecule has 0 bridgehead atoms. The monoisotopic (exact) mass is 340 g/mol. The molecule has 1 saturated carbocycles. The first-order chi connectivity index (χ1) is 12.1. The summed E-state index contributed by atoms with van der Waals surface area (Å²) in [5, 5.41) is 10.4. The van der Waals surface area contributed by atoms with E-state index in [0.29, 0.717) is 19.1 Å². The van der Waals surface area contributed by atoms with E-state index in [-0.39, 0.29) is 18.0 Å². The van der Waals surface area contributed by atoms with Crippen LogP contribution in [0.25, 0.3) is 0 Å². The predicted octanol–water partition coefficient (Wildman–Crippen LogP) is 2.66. The molecule has 2 N–H and O–H groups in total. The first kappa shape index (κ1) is 16.0. The highest BCUT2D eigenvalue weighted by Gasteiger charge is 2.30. The number of para-hydroxylation sites is 1. The summed E-state index contributed by atoms with van der Waals surface area (Å²) in [4.78, 5) is 12.3. The van der Waals surface area contributed by atoms with Gasteiger partial charge in [0, 0.05) is 24.6 Å². The van der Waals surface area contributed by atoms with Crippen molar-refractivity contribution in [2.24, 2.45) is 7.05 Å². The van der Waals surface area contributed by atoms with E-state index in [1.165, 1.54) is 18.4 Å². The van der Waals surface area contributed by atoms with Crippen molar-refractivity contribution in [3.63, 3.8) is 0 Å². The fraction of sp³-hybridized carbons (Fsp3) is 0.474. The summed E-state index contributed by atoms with van der Waals surface area (Å²) in [5.74, 6) is 1.73. The van der Waals surface area contributed by atoms with Crippen LogP contribution in [0.5, 0.6) is 5.75 Å². The van der Waals surface area contributed by atoms with Crippen molar-refractivity contribution in [3.05, 3.63) is 47.3 Å². The van der Waals surface area contributed by atoms with E-state index in [1.54, 1.807) is 0 Å². The van der Waals surface area contributed by atoms with Gasteiger partial charge >= 0.3 is 6.03 Å². The normalized spacial score (nSPS) is 19.8. The van der Waals surface area contributed by atoms with E-state index in [1.807, 2.05) is 43.0 Å². The van der Waals surface area contributed by atoms with Gasteiger partial charge in [0.15, 0.2) is 0 Å². The molecular formula is C19H24N4O2. The zero-order valence-corrected chi connectivity index (χ0v) is 14.7. The Balaban J connectivity index is 1.34. The number of aromatic nitrogens is 2. The van der Waals surface area contributed by atoms with Gasteiger partial charge < -0.3 is 15.4 Å². The second-order valence-corrected chi connectivity index (χ2v) is 7.02. The van der Waals surface area contributed by atoms with E-state index in [4.69, 9.17) is 4.74 Å². The van der Waals surface area contributed by atoms with Gasteiger partial charge in [-0.3, -0.25) is 4.68 Å². The SMILES string of the molecule is CC(NC(=O)NCc1c(C2CC2)cnn1C)C1COc2ccccc21. The second-order valence-electron chi connectivity index (χ2n) is 7.02. The topological polar surface area (TPSA) is 68.2 Å². The molecule has 1 aromatic heterocycles. The van der Waals surface area contributed by atoms with Crippen molar-refractivity contribution in [2.75, 3.05) is 6.61 Å². The largest absolute Gasteiger partial charge is 0.493 e. The van der Waals surface area contributed by atoms with Crippen LogP contribution >= 0.6 is 0 Å². The molecule has 0 spiro atoms. The maximum absolute atomic E-state index is 12.3. The van der Waals surface area contributed by atoms with E-state index in [9.17, 15) is 4.79 Å². The molecule has 1 aliphatic heterocycles. The number of nitrogens with zero attached hydrogens (tertiary/aromatic N) is 2. The second kappa shape index (κ2) is 6.43. The van der Waals surface area contributed by atoms with E-state index < -0.39 is 0 Å². The quantitative estimate of drug-likeness (QED) is 0.879. The number of fused-ring (bicyclic) bond motifs is 1. The summed E-state index contributed by atoms with van der Waals surface area (Å²) in [7, 11) is 1.93. The van der Waals surface area contributed by atoms with Crippen LogP contribution in [0.1, 0.15) is 48.4 Å². The molecule has 0 saturated heterocycles. The van der Waals surface area contributed by atoms with Gasteiger partial charge in [0.25, 0.3) is 0 Å². The molecule has 1 aromatic carbocycles. The number of hydrogen-bond acceptors (Lipinski definition) is 3. The van der Waals surface area contributed by atoms with E-state index >= 15 is 0 Å². The highest BCUT2D eigenvalue weighted by molar-refractivity contribution is 5.74. The number of amides is 2. The fourth-order valence-corrected chi connectivity index (χ4v) is 3.56. The van der Waals surface area contributed by atoms with Crippen LogP contribution in [-0.2, 0) is 13.6 Å². The van der Waals surface area contributed by atoms with E-state index in [0.717, 1.165) is 17.0 Å². The molecule has 2 amide bonds. The number of benzene rings is 1. The maximum atomic E-state index is 12.3. The number of aryl methyl sites for hydroxylation is 1. The Kier molecular flexibility index (Phi) is 4.11. The average molecular weight is 340 g/mol. The Morgan fingerprint density at radius 1 is 1.36 bits per heavy atom. The minimum Gasteiger partial charge on any atom is -0.493 e. The lowest BCUT2D eigenvalue weighted by Crippen LogP contribution is -2.43. The molecule has 1 fully saturated rings. The van der Waals surface area contributed by atoms with Crippen molar-refractivity contribution in [1.29, 1.82) is 0 Å². The van der Waals surface area contributed by atoms with Crippen LogP contribution < -0.4 is 15.4 Å². The lowest BCUT2D eigenvalue weighted by molar-refractivity contribution is 0.232. The zero-order chi connectivity index (χ0) is 17.4. The van der Waals surface area contributed by atoms with Gasteiger partial charge in [-0.05, 0) is 37.3 Å². The van der Waals surface area contributed by atoms with Crippen molar-refractivity contribution in [2.45, 2.75) is 44.2 Å². The highest BCUT2D eigenvalue weighted by atomic mass is 16.5. The Labute approximate surface area is 147 Å². The van der Waals surface area contributed by atoms with Crippen molar-refractivity contribution >= 4 is 6.03 Å². The number of carbonyl (C=O) groups excluding carboxylic acids is 1. The highest BCUT2D eigenvalue weighted by Crippen LogP contribution is 2.41. The smallest absolute Gasteiger partial charge is 0.315 e.